The normalized spacial score (nSPS) is 20.1. The Morgan fingerprint density at radius 3 is 2.37 bits per heavy atom. The first-order valence-electron chi connectivity index (χ1n) is 12.7. The molecular weight excluding hydrogens is 501 g/mol. The van der Waals surface area contributed by atoms with Crippen LogP contribution in [0.3, 0.4) is 0 Å². The molecular formula is C27H33F3N4O4. The van der Waals surface area contributed by atoms with Crippen LogP contribution in [-0.4, -0.2) is 81.8 Å². The molecule has 1 aliphatic heterocycles. The van der Waals surface area contributed by atoms with Crippen LogP contribution in [0, 0.1) is 0 Å². The number of hydrogen-bond acceptors (Lipinski definition) is 6. The van der Waals surface area contributed by atoms with Crippen molar-refractivity contribution in [1.82, 2.24) is 20.9 Å². The van der Waals surface area contributed by atoms with Crippen molar-refractivity contribution >= 4 is 11.8 Å². The molecule has 2 aliphatic rings. The topological polar surface area (TPSA) is 91.9 Å². The summed E-state index contributed by atoms with van der Waals surface area (Å²) in [4.78, 5) is 27.5. The monoisotopic (exact) mass is 534 g/mol. The van der Waals surface area contributed by atoms with E-state index in [0.29, 0.717) is 51.4 Å². The van der Waals surface area contributed by atoms with E-state index < -0.39 is 23.7 Å². The Labute approximate surface area is 219 Å². The van der Waals surface area contributed by atoms with Gasteiger partial charge < -0.3 is 30.3 Å². The van der Waals surface area contributed by atoms with Crippen LogP contribution >= 0.6 is 0 Å². The van der Waals surface area contributed by atoms with Gasteiger partial charge in [0.25, 0.3) is 5.91 Å². The van der Waals surface area contributed by atoms with Crippen LogP contribution in [0.15, 0.2) is 48.5 Å². The molecule has 1 saturated heterocycles. The number of ether oxygens (including phenoxy) is 2. The Kier molecular flexibility index (Phi) is 9.24. The number of amides is 2. The third-order valence-electron chi connectivity index (χ3n) is 6.79. The van der Waals surface area contributed by atoms with E-state index in [1.54, 1.807) is 12.0 Å². The SMILES string of the molecule is COc1ccc([C@@H]2C[C@H]2NCCNC[C@H](NC(=O)c2ccc(C(F)(F)F)cc2)C(=O)N2CCOCC2)cc1. The Balaban J connectivity index is 1.27. The van der Waals surface area contributed by atoms with Gasteiger partial charge in [-0.05, 0) is 48.4 Å². The fraction of sp³-hybridized carbons (Fsp3) is 0.481. The summed E-state index contributed by atoms with van der Waals surface area (Å²) < 4.78 is 49.1. The number of methoxy groups -OCH3 is 1. The highest BCUT2D eigenvalue weighted by atomic mass is 19.4. The molecule has 2 amide bonds. The maximum atomic E-state index is 13.1. The van der Waals surface area contributed by atoms with Gasteiger partial charge >= 0.3 is 6.18 Å². The molecule has 2 fully saturated rings. The van der Waals surface area contributed by atoms with Gasteiger partial charge in [-0.15, -0.1) is 0 Å². The lowest BCUT2D eigenvalue weighted by Gasteiger charge is -2.31. The lowest BCUT2D eigenvalue weighted by molar-refractivity contribution is -0.138. The van der Waals surface area contributed by atoms with Crippen LogP contribution < -0.4 is 20.7 Å². The van der Waals surface area contributed by atoms with Crippen LogP contribution in [0.1, 0.15) is 33.8 Å². The summed E-state index contributed by atoms with van der Waals surface area (Å²) in [6, 6.07) is 11.5. The molecule has 11 heteroatoms. The minimum Gasteiger partial charge on any atom is -0.497 e. The van der Waals surface area contributed by atoms with Gasteiger partial charge in [-0.1, -0.05) is 12.1 Å². The number of carbonyl (C=O) groups excluding carboxylic acids is 2. The third-order valence-corrected chi connectivity index (χ3v) is 6.79. The van der Waals surface area contributed by atoms with Crippen molar-refractivity contribution in [3.05, 3.63) is 65.2 Å². The molecule has 4 rings (SSSR count). The van der Waals surface area contributed by atoms with Crippen molar-refractivity contribution in [3.8, 4) is 5.75 Å². The Morgan fingerprint density at radius 2 is 1.74 bits per heavy atom. The quantitative estimate of drug-likeness (QED) is 0.384. The van der Waals surface area contributed by atoms with Gasteiger partial charge in [0.05, 0.1) is 25.9 Å². The molecule has 1 heterocycles. The average Bonchev–Trinajstić information content (AvgIpc) is 3.71. The van der Waals surface area contributed by atoms with Crippen molar-refractivity contribution in [2.24, 2.45) is 0 Å². The van der Waals surface area contributed by atoms with Gasteiger partial charge in [-0.25, -0.2) is 0 Å². The van der Waals surface area contributed by atoms with E-state index in [4.69, 9.17) is 9.47 Å². The predicted molar refractivity (Wildman–Crippen MR) is 135 cm³/mol. The average molecular weight is 535 g/mol. The number of rotatable bonds is 11. The summed E-state index contributed by atoms with van der Waals surface area (Å²) in [6.45, 7) is 3.12. The fourth-order valence-electron chi connectivity index (χ4n) is 4.49. The summed E-state index contributed by atoms with van der Waals surface area (Å²) >= 11 is 0. The molecule has 0 radical (unpaired) electrons. The second-order valence-electron chi connectivity index (χ2n) is 9.42. The van der Waals surface area contributed by atoms with E-state index >= 15 is 0 Å². The van der Waals surface area contributed by atoms with Crippen molar-refractivity contribution in [1.29, 1.82) is 0 Å². The van der Waals surface area contributed by atoms with E-state index in [0.717, 1.165) is 36.4 Å². The van der Waals surface area contributed by atoms with E-state index in [9.17, 15) is 22.8 Å². The van der Waals surface area contributed by atoms with E-state index in [1.165, 1.54) is 5.56 Å². The minimum absolute atomic E-state index is 0.0535. The summed E-state index contributed by atoms with van der Waals surface area (Å²) in [5, 5.41) is 9.42. The van der Waals surface area contributed by atoms with Crippen LogP contribution in [0.25, 0.3) is 0 Å². The molecule has 0 aromatic heterocycles. The number of carbonyl (C=O) groups is 2. The van der Waals surface area contributed by atoms with Gasteiger partial charge in [-0.2, -0.15) is 13.2 Å². The maximum Gasteiger partial charge on any atom is 0.416 e. The zero-order chi connectivity index (χ0) is 27.1. The molecule has 3 N–H and O–H groups in total. The molecule has 0 bridgehead atoms. The lowest BCUT2D eigenvalue weighted by Crippen LogP contribution is -2.55. The predicted octanol–water partition coefficient (Wildman–Crippen LogP) is 2.41. The Morgan fingerprint density at radius 1 is 1.05 bits per heavy atom. The maximum absolute atomic E-state index is 13.1. The molecule has 38 heavy (non-hydrogen) atoms. The molecule has 3 atom stereocenters. The number of nitrogens with zero attached hydrogens (tertiary/aromatic N) is 1. The second-order valence-corrected chi connectivity index (χ2v) is 9.42. The molecule has 8 nitrogen and oxygen atoms in total. The van der Waals surface area contributed by atoms with Gasteiger partial charge in [0, 0.05) is 50.2 Å². The van der Waals surface area contributed by atoms with Crippen LogP contribution in [0.4, 0.5) is 13.2 Å². The van der Waals surface area contributed by atoms with E-state index in [1.807, 2.05) is 12.1 Å². The van der Waals surface area contributed by atoms with Crippen molar-refractivity contribution in [3.63, 3.8) is 0 Å². The second kappa shape index (κ2) is 12.6. The van der Waals surface area contributed by atoms with Crippen molar-refractivity contribution < 1.29 is 32.2 Å². The standard InChI is InChI=1S/C27H33F3N4O4/c1-37-21-8-4-18(5-9-21)22-16-23(22)32-11-10-31-17-24(26(36)34-12-14-38-15-13-34)33-25(35)19-2-6-20(7-3-19)27(28,29)30/h2-9,22-24,31-32H,10-17H2,1H3,(H,33,35)/t22-,23+,24-/m0/s1. The minimum atomic E-state index is -4.49. The molecule has 2 aromatic rings. The van der Waals surface area contributed by atoms with Gasteiger partial charge in [0.2, 0.25) is 5.91 Å². The summed E-state index contributed by atoms with van der Waals surface area (Å²) in [6.07, 6.45) is -3.44. The summed E-state index contributed by atoms with van der Waals surface area (Å²) in [7, 11) is 1.64. The largest absolute Gasteiger partial charge is 0.497 e. The first-order chi connectivity index (χ1) is 18.3. The molecule has 0 spiro atoms. The molecule has 2 aromatic carbocycles. The van der Waals surface area contributed by atoms with Gasteiger partial charge in [-0.3, -0.25) is 9.59 Å². The number of alkyl halides is 3. The van der Waals surface area contributed by atoms with Crippen molar-refractivity contribution in [2.75, 3.05) is 53.0 Å². The van der Waals surface area contributed by atoms with E-state index in [2.05, 4.69) is 28.1 Å². The Bertz CT molecular complexity index is 1070. The molecule has 0 unspecified atom stereocenters. The highest BCUT2D eigenvalue weighted by Crippen LogP contribution is 2.41. The molecule has 206 valence electrons. The number of hydrogen-bond donors (Lipinski definition) is 3. The number of morpholine rings is 1. The fourth-order valence-corrected chi connectivity index (χ4v) is 4.49. The Hall–Kier alpha value is -3.15. The zero-order valence-corrected chi connectivity index (χ0v) is 21.2. The van der Waals surface area contributed by atoms with Gasteiger partial charge in [0.15, 0.2) is 0 Å². The zero-order valence-electron chi connectivity index (χ0n) is 21.2. The van der Waals surface area contributed by atoms with Crippen LogP contribution in [0.2, 0.25) is 0 Å². The number of halogens is 3. The highest BCUT2D eigenvalue weighted by Gasteiger charge is 2.37. The third kappa shape index (κ3) is 7.46. The molecule has 1 aliphatic carbocycles. The number of nitrogens with one attached hydrogen (secondary N) is 3. The first-order valence-corrected chi connectivity index (χ1v) is 12.7. The number of benzene rings is 2. The van der Waals surface area contributed by atoms with E-state index in [-0.39, 0.29) is 18.0 Å². The lowest BCUT2D eigenvalue weighted by atomic mass is 10.1. The summed E-state index contributed by atoms with van der Waals surface area (Å²) in [5.74, 6) is 0.427. The first kappa shape index (κ1) is 27.9. The summed E-state index contributed by atoms with van der Waals surface area (Å²) in [5.41, 5.74) is 0.477. The van der Waals surface area contributed by atoms with Gasteiger partial charge in [0.1, 0.15) is 11.8 Å². The smallest absolute Gasteiger partial charge is 0.416 e. The van der Waals surface area contributed by atoms with Crippen LogP contribution in [-0.2, 0) is 15.7 Å². The molecule has 1 saturated carbocycles. The van der Waals surface area contributed by atoms with Crippen LogP contribution in [0.5, 0.6) is 5.75 Å². The van der Waals surface area contributed by atoms with Crippen molar-refractivity contribution in [2.45, 2.75) is 30.6 Å². The highest BCUT2D eigenvalue weighted by molar-refractivity contribution is 5.97.